The zero-order chi connectivity index (χ0) is 64.8. The number of nitrogens with one attached hydrogen (secondary N) is 4. The summed E-state index contributed by atoms with van der Waals surface area (Å²) in [6.45, 7) is 10.1. The number of nitrogens with zero attached hydrogens (tertiary/aromatic N) is 3. The van der Waals surface area contributed by atoms with Gasteiger partial charge in [0.15, 0.2) is 17.2 Å². The van der Waals surface area contributed by atoms with Gasteiger partial charge in [-0.25, -0.2) is 4.79 Å². The van der Waals surface area contributed by atoms with Gasteiger partial charge < -0.3 is 45.6 Å². The molecule has 5 aromatic rings. The molecule has 0 fully saturated rings. The Balaban J connectivity index is 0.760. The zero-order valence-corrected chi connectivity index (χ0v) is 54.5. The molecule has 0 aliphatic carbocycles. The van der Waals surface area contributed by atoms with Crippen LogP contribution in [0.15, 0.2) is 135 Å². The van der Waals surface area contributed by atoms with E-state index in [2.05, 4.69) is 26.2 Å². The lowest BCUT2D eigenvalue weighted by Gasteiger charge is -2.28. The number of anilines is 1. The minimum atomic E-state index is -4.46. The Bertz CT molecular complexity index is 3730. The number of benzene rings is 3. The average Bonchev–Trinajstić information content (AvgIpc) is 1.60. The van der Waals surface area contributed by atoms with Crippen LogP contribution in [-0.4, -0.2) is 115 Å². The zero-order valence-electron chi connectivity index (χ0n) is 51.2. The van der Waals surface area contributed by atoms with Crippen molar-refractivity contribution in [1.82, 2.24) is 26.2 Å². The number of fused-ring (bicyclic) bond motifs is 3. The Morgan fingerprint density at radius 2 is 1.31 bits per heavy atom. The van der Waals surface area contributed by atoms with Crippen molar-refractivity contribution in [1.29, 1.82) is 0 Å². The number of carbonyl (C=O) groups excluding carboxylic acids is 4. The summed E-state index contributed by atoms with van der Waals surface area (Å²) in [7, 11) is -6.94. The average molecular weight is 1310 g/mol. The van der Waals surface area contributed by atoms with Crippen LogP contribution >= 0.6 is 22.7 Å². The maximum Gasteiger partial charge on any atom is 0.315 e. The molecular weight excluding hydrogens is 1230 g/mol. The second-order valence-electron chi connectivity index (χ2n) is 23.6. The smallest absolute Gasteiger partial charge is 0.315 e. The second kappa shape index (κ2) is 30.4. The van der Waals surface area contributed by atoms with E-state index in [0.29, 0.717) is 94.7 Å². The predicted molar refractivity (Wildman–Crippen MR) is 346 cm³/mol. The van der Waals surface area contributed by atoms with E-state index in [0.717, 1.165) is 62.9 Å². The van der Waals surface area contributed by atoms with E-state index >= 15 is 0 Å². The third-order valence-electron chi connectivity index (χ3n) is 16.4. The van der Waals surface area contributed by atoms with Gasteiger partial charge in [-0.3, -0.25) is 28.3 Å². The summed E-state index contributed by atoms with van der Waals surface area (Å²) in [5.41, 5.74) is 4.28. The molecule has 5 heterocycles. The SMILES string of the molecule is C[N+]1=C(/C=C/C=C/C=C2/N(CCCCCC(=O)NCCCCCC(=O)NCCCC[C@@H](NC(=O)N[C@H](CC(=O)O)c3ccc4c(c3)OCO4)C(=O)N(Cc3cccs3)Cc3cccs3)c3ccc(S(=O)(=O)O)cc3C2(C)C)C(C)(C)c2cc(S(=O)(=O)O)ccc21. The van der Waals surface area contributed by atoms with E-state index in [1.165, 1.54) is 46.9 Å². The summed E-state index contributed by atoms with van der Waals surface area (Å²) in [4.78, 5) is 71.3. The molecule has 21 nitrogen and oxygen atoms in total. The van der Waals surface area contributed by atoms with E-state index in [1.54, 1.807) is 35.2 Å². The summed E-state index contributed by atoms with van der Waals surface area (Å²) in [5, 5.41) is 25.2. The number of allylic oxidation sites excluding steroid dienone is 6. The van der Waals surface area contributed by atoms with Crippen LogP contribution in [0, 0.1) is 0 Å². The third kappa shape index (κ3) is 17.8. The number of aliphatic carboxylic acids is 1. The molecule has 90 heavy (non-hydrogen) atoms. The number of carboxylic acid groups (broad SMARTS) is 1. The summed E-state index contributed by atoms with van der Waals surface area (Å²) in [6.07, 6.45) is 15.3. The molecule has 3 aliphatic rings. The van der Waals surface area contributed by atoms with Gasteiger partial charge in [0.2, 0.25) is 30.2 Å². The lowest BCUT2D eigenvalue weighted by Crippen LogP contribution is -2.51. The topological polar surface area (TPSA) is 290 Å². The van der Waals surface area contributed by atoms with Crippen molar-refractivity contribution >= 4 is 89.7 Å². The number of hydrogen-bond acceptors (Lipinski definition) is 14. The lowest BCUT2D eigenvalue weighted by atomic mass is 9.81. The third-order valence-corrected chi connectivity index (χ3v) is 19.8. The summed E-state index contributed by atoms with van der Waals surface area (Å²) in [5.74, 6) is -0.660. The molecule has 482 valence electrons. The highest BCUT2D eigenvalue weighted by atomic mass is 32.2. The Morgan fingerprint density at radius 1 is 0.700 bits per heavy atom. The fourth-order valence-electron chi connectivity index (χ4n) is 11.6. The minimum absolute atomic E-state index is 0.0257. The molecule has 3 aromatic carbocycles. The molecule has 0 saturated carbocycles. The summed E-state index contributed by atoms with van der Waals surface area (Å²) >= 11 is 3.05. The van der Waals surface area contributed by atoms with Crippen LogP contribution in [0.3, 0.4) is 0 Å². The van der Waals surface area contributed by atoms with Crippen molar-refractivity contribution in [2.75, 3.05) is 38.4 Å². The molecule has 3 aliphatic heterocycles. The van der Waals surface area contributed by atoms with Gasteiger partial charge in [0.1, 0.15) is 13.1 Å². The first-order valence-corrected chi connectivity index (χ1v) is 34.7. The maximum absolute atomic E-state index is 14.4. The predicted octanol–water partition coefficient (Wildman–Crippen LogP) is 10.5. The highest BCUT2D eigenvalue weighted by Gasteiger charge is 2.44. The molecule has 8 rings (SSSR count). The normalized spacial score (nSPS) is 15.9. The number of unbranched alkanes of at least 4 members (excludes halogenated alkanes) is 5. The second-order valence-corrected chi connectivity index (χ2v) is 28.5. The number of rotatable bonds is 32. The quantitative estimate of drug-likeness (QED) is 0.00912. The van der Waals surface area contributed by atoms with Crippen LogP contribution in [-0.2, 0) is 63.3 Å². The molecule has 2 aromatic heterocycles. The standard InChI is InChI=1S/C65H79N7O14S4/c1-64(2)49-38-47(89(79,80)81)27-29-53(49)70(5)57(64)22-9-6-10-23-58-65(3,4)50-39-48(90(82,83)84)28-30-54(50)72(58)34-16-8-12-25-60(74)66-32-14-7-11-24-59(73)67-33-15-13-21-51(62(77)71(41-45-19-17-35-87-45)42-46-20-18-36-88-46)68-63(78)69-52(40-61(75)76)44-26-31-55-56(37-44)86-43-85-55/h6,9-10,17-20,22-23,26-31,35-39,51-52H,7-8,11-16,21,24-25,32-34,40-43H2,1-5H3,(H6-,66,67,68,69,73,74,75,76,78,79,80,81,82,83,84)/p+1/t51-,52-/m1/s1. The van der Waals surface area contributed by atoms with Gasteiger partial charge in [0.05, 0.1) is 40.8 Å². The number of hydrogen-bond donors (Lipinski definition) is 7. The van der Waals surface area contributed by atoms with Crippen molar-refractivity contribution in [3.8, 4) is 11.5 Å². The van der Waals surface area contributed by atoms with E-state index in [9.17, 15) is 55.0 Å². The van der Waals surface area contributed by atoms with Crippen molar-refractivity contribution in [2.45, 2.75) is 151 Å². The number of thiophene rings is 2. The molecule has 5 amide bonds. The lowest BCUT2D eigenvalue weighted by molar-refractivity contribution is -0.401. The van der Waals surface area contributed by atoms with E-state index in [4.69, 9.17) is 9.47 Å². The molecule has 0 radical (unpaired) electrons. The van der Waals surface area contributed by atoms with Crippen molar-refractivity contribution in [3.05, 3.63) is 152 Å². The molecule has 2 atom stereocenters. The van der Waals surface area contributed by atoms with Crippen molar-refractivity contribution in [3.63, 3.8) is 0 Å². The molecule has 25 heteroatoms. The molecule has 0 spiro atoms. The highest BCUT2D eigenvalue weighted by Crippen LogP contribution is 2.49. The molecule has 7 N–H and O–H groups in total. The summed E-state index contributed by atoms with van der Waals surface area (Å²) in [6, 6.07) is 19.2. The number of amides is 5. The molecule has 0 saturated heterocycles. The first-order chi connectivity index (χ1) is 42.8. The van der Waals surface area contributed by atoms with Gasteiger partial charge >= 0.3 is 12.0 Å². The van der Waals surface area contributed by atoms with Gasteiger partial charge in [0.25, 0.3) is 20.2 Å². The van der Waals surface area contributed by atoms with Gasteiger partial charge in [-0.2, -0.15) is 21.4 Å². The van der Waals surface area contributed by atoms with Crippen LogP contribution < -0.4 is 35.6 Å². The van der Waals surface area contributed by atoms with Gasteiger partial charge in [0, 0.05) is 76.7 Å². The first-order valence-electron chi connectivity index (χ1n) is 30.0. The van der Waals surface area contributed by atoms with Crippen LogP contribution in [0.25, 0.3) is 0 Å². The van der Waals surface area contributed by atoms with E-state index < -0.39 is 61.6 Å². The van der Waals surface area contributed by atoms with Crippen LogP contribution in [0.1, 0.15) is 137 Å². The van der Waals surface area contributed by atoms with Crippen LogP contribution in [0.2, 0.25) is 0 Å². The number of carboxylic acids is 1. The number of urea groups is 1. The highest BCUT2D eigenvalue weighted by molar-refractivity contribution is 7.86. The van der Waals surface area contributed by atoms with E-state index in [1.807, 2.05) is 105 Å². The fourth-order valence-corrected chi connectivity index (χ4v) is 14.1. The van der Waals surface area contributed by atoms with Gasteiger partial charge in [-0.1, -0.05) is 63.1 Å². The number of ether oxygens (including phenoxy) is 2. The van der Waals surface area contributed by atoms with Crippen molar-refractivity contribution < 1.29 is 69.1 Å². The Morgan fingerprint density at radius 3 is 1.93 bits per heavy atom. The molecular formula is C65H80N7O14S4+. The Hall–Kier alpha value is -7.68. The van der Waals surface area contributed by atoms with E-state index in [-0.39, 0.29) is 40.7 Å². The van der Waals surface area contributed by atoms with Crippen molar-refractivity contribution in [2.24, 2.45) is 0 Å². The van der Waals surface area contributed by atoms with Crippen LogP contribution in [0.4, 0.5) is 16.2 Å². The maximum atomic E-state index is 14.4. The largest absolute Gasteiger partial charge is 0.481 e. The monoisotopic (exact) mass is 1310 g/mol. The van der Waals surface area contributed by atoms with Crippen LogP contribution in [0.5, 0.6) is 11.5 Å². The first kappa shape index (κ1) is 68.2. The molecule has 0 unspecified atom stereocenters. The van der Waals surface area contributed by atoms with Gasteiger partial charge in [-0.15, -0.1) is 22.7 Å². The minimum Gasteiger partial charge on any atom is -0.481 e. The summed E-state index contributed by atoms with van der Waals surface area (Å²) < 4.78 is 80.8. The van der Waals surface area contributed by atoms with Gasteiger partial charge in [-0.05, 0) is 141 Å². The fraction of sp³-hybridized carbons (Fsp3) is 0.415. The Labute approximate surface area is 534 Å². The Kier molecular flexibility index (Phi) is 23.1. The number of carbonyl (C=O) groups is 5. The molecule has 0 bridgehead atoms.